The predicted molar refractivity (Wildman–Crippen MR) is 70.3 cm³/mol. The molecule has 1 aliphatic heterocycles. The third kappa shape index (κ3) is 3.76. The van der Waals surface area contributed by atoms with E-state index in [1.807, 2.05) is 0 Å². The summed E-state index contributed by atoms with van der Waals surface area (Å²) in [4.78, 5) is 11.8. The molecule has 1 N–H and O–H groups in total. The maximum absolute atomic E-state index is 11.8. The summed E-state index contributed by atoms with van der Waals surface area (Å²) in [5.74, 6) is 0.352. The second kappa shape index (κ2) is 5.69. The van der Waals surface area contributed by atoms with E-state index in [1.54, 1.807) is 12.4 Å². The van der Waals surface area contributed by atoms with Crippen LogP contribution in [0.3, 0.4) is 0 Å². The van der Waals surface area contributed by atoms with Crippen LogP contribution in [0.1, 0.15) is 27.2 Å². The van der Waals surface area contributed by atoms with Crippen molar-refractivity contribution in [3.05, 3.63) is 12.4 Å². The Morgan fingerprint density at radius 2 is 2.32 bits per heavy atom. The molecular weight excluding hydrogens is 244 g/mol. The zero-order chi connectivity index (χ0) is 13.9. The molecule has 1 aromatic heterocycles. The number of carbonyl (C=O) groups excluding carboxylic acids is 1. The van der Waals surface area contributed by atoms with Crippen molar-refractivity contribution in [1.29, 1.82) is 0 Å². The number of nitrogens with zero attached hydrogens (tertiary/aromatic N) is 3. The van der Waals surface area contributed by atoms with Crippen LogP contribution in [0.25, 0.3) is 0 Å². The van der Waals surface area contributed by atoms with Crippen molar-refractivity contribution in [3.63, 3.8) is 0 Å². The highest BCUT2D eigenvalue weighted by Gasteiger charge is 2.37. The molecule has 0 spiro atoms. The quantitative estimate of drug-likeness (QED) is 0.877. The van der Waals surface area contributed by atoms with Crippen molar-refractivity contribution >= 4 is 5.91 Å². The summed E-state index contributed by atoms with van der Waals surface area (Å²) in [5, 5.41) is 10.4. The van der Waals surface area contributed by atoms with Crippen molar-refractivity contribution in [2.24, 2.45) is 11.3 Å². The molecular formula is C13H22N4O2. The SMILES string of the molecule is CC(C)(C)[C@H]1OCC[C@@H]1CNC(=O)Cn1ccnn1. The Bertz CT molecular complexity index is 411. The minimum atomic E-state index is -0.0370. The number of rotatable bonds is 4. The largest absolute Gasteiger partial charge is 0.377 e. The first kappa shape index (κ1) is 14.0. The van der Waals surface area contributed by atoms with Gasteiger partial charge in [0.25, 0.3) is 0 Å². The molecule has 2 rings (SSSR count). The minimum absolute atomic E-state index is 0.0370. The van der Waals surface area contributed by atoms with Crippen LogP contribution in [0.5, 0.6) is 0 Å². The molecule has 2 heterocycles. The van der Waals surface area contributed by atoms with Gasteiger partial charge in [-0.25, -0.2) is 4.68 Å². The fourth-order valence-electron chi connectivity index (χ4n) is 2.57. The average Bonchev–Trinajstić information content (AvgIpc) is 2.95. The molecule has 106 valence electrons. The first-order valence-electron chi connectivity index (χ1n) is 6.69. The monoisotopic (exact) mass is 266 g/mol. The van der Waals surface area contributed by atoms with E-state index in [-0.39, 0.29) is 24.0 Å². The number of nitrogens with one attached hydrogen (secondary N) is 1. The van der Waals surface area contributed by atoms with E-state index in [0.29, 0.717) is 12.5 Å². The number of hydrogen-bond donors (Lipinski definition) is 1. The highest BCUT2D eigenvalue weighted by Crippen LogP contribution is 2.34. The van der Waals surface area contributed by atoms with Gasteiger partial charge >= 0.3 is 0 Å². The van der Waals surface area contributed by atoms with Crippen LogP contribution in [0.15, 0.2) is 12.4 Å². The maximum Gasteiger partial charge on any atom is 0.241 e. The summed E-state index contributed by atoms with van der Waals surface area (Å²) in [6, 6.07) is 0. The summed E-state index contributed by atoms with van der Waals surface area (Å²) < 4.78 is 7.30. The van der Waals surface area contributed by atoms with Gasteiger partial charge in [-0.2, -0.15) is 0 Å². The molecule has 1 fully saturated rings. The summed E-state index contributed by atoms with van der Waals surface area (Å²) in [5.41, 5.74) is 0.109. The third-order valence-corrected chi connectivity index (χ3v) is 3.41. The lowest BCUT2D eigenvalue weighted by atomic mass is 9.81. The Kier molecular flexibility index (Phi) is 4.19. The fraction of sp³-hybridized carbons (Fsp3) is 0.769. The van der Waals surface area contributed by atoms with Gasteiger partial charge in [0.2, 0.25) is 5.91 Å². The van der Waals surface area contributed by atoms with E-state index in [1.165, 1.54) is 4.68 Å². The first-order valence-corrected chi connectivity index (χ1v) is 6.69. The molecule has 1 aromatic rings. The van der Waals surface area contributed by atoms with Crippen LogP contribution < -0.4 is 5.32 Å². The number of ether oxygens (including phenoxy) is 1. The minimum Gasteiger partial charge on any atom is -0.377 e. The molecule has 0 bridgehead atoms. The summed E-state index contributed by atoms with van der Waals surface area (Å²) in [7, 11) is 0. The zero-order valence-electron chi connectivity index (χ0n) is 11.8. The van der Waals surface area contributed by atoms with Gasteiger partial charge in [-0.05, 0) is 11.8 Å². The molecule has 0 unspecified atom stereocenters. The van der Waals surface area contributed by atoms with E-state index in [4.69, 9.17) is 4.74 Å². The second-order valence-corrected chi connectivity index (χ2v) is 6.11. The van der Waals surface area contributed by atoms with E-state index in [0.717, 1.165) is 13.0 Å². The second-order valence-electron chi connectivity index (χ2n) is 6.11. The van der Waals surface area contributed by atoms with Gasteiger partial charge in [0, 0.05) is 25.3 Å². The van der Waals surface area contributed by atoms with Gasteiger partial charge in [-0.15, -0.1) is 5.10 Å². The Balaban J connectivity index is 1.80. The lowest BCUT2D eigenvalue weighted by Crippen LogP contribution is -2.39. The summed E-state index contributed by atoms with van der Waals surface area (Å²) in [6.07, 6.45) is 4.45. The Morgan fingerprint density at radius 1 is 1.53 bits per heavy atom. The fourth-order valence-corrected chi connectivity index (χ4v) is 2.57. The number of carbonyl (C=O) groups is 1. The number of amides is 1. The van der Waals surface area contributed by atoms with Crippen LogP contribution in [0.4, 0.5) is 0 Å². The topological polar surface area (TPSA) is 69.0 Å². The van der Waals surface area contributed by atoms with Crippen LogP contribution in [0.2, 0.25) is 0 Å². The molecule has 0 saturated carbocycles. The van der Waals surface area contributed by atoms with Gasteiger partial charge in [-0.3, -0.25) is 4.79 Å². The maximum atomic E-state index is 11.8. The van der Waals surface area contributed by atoms with Crippen LogP contribution in [-0.2, 0) is 16.1 Å². The van der Waals surface area contributed by atoms with E-state index < -0.39 is 0 Å². The smallest absolute Gasteiger partial charge is 0.241 e. The van der Waals surface area contributed by atoms with E-state index in [9.17, 15) is 4.79 Å². The van der Waals surface area contributed by atoms with Gasteiger partial charge in [0.05, 0.1) is 12.3 Å². The first-order chi connectivity index (χ1) is 8.97. The highest BCUT2D eigenvalue weighted by atomic mass is 16.5. The molecule has 0 radical (unpaired) electrons. The standard InChI is InChI=1S/C13H22N4O2/c1-13(2,3)12-10(4-7-19-12)8-14-11(18)9-17-6-5-15-16-17/h5-6,10,12H,4,7-9H2,1-3H3,(H,14,18)/t10-,12+/m1/s1. The average molecular weight is 266 g/mol. The number of hydrogen-bond acceptors (Lipinski definition) is 4. The number of aromatic nitrogens is 3. The third-order valence-electron chi connectivity index (χ3n) is 3.41. The van der Waals surface area contributed by atoms with Crippen molar-refractivity contribution in [2.45, 2.75) is 39.8 Å². The van der Waals surface area contributed by atoms with Gasteiger partial charge in [-0.1, -0.05) is 26.0 Å². The molecule has 0 aromatic carbocycles. The Hall–Kier alpha value is -1.43. The lowest BCUT2D eigenvalue weighted by Gasteiger charge is -2.31. The lowest BCUT2D eigenvalue weighted by molar-refractivity contribution is -0.122. The molecule has 1 amide bonds. The van der Waals surface area contributed by atoms with Crippen molar-refractivity contribution in [1.82, 2.24) is 20.3 Å². The van der Waals surface area contributed by atoms with Crippen molar-refractivity contribution in [3.8, 4) is 0 Å². The summed E-state index contributed by atoms with van der Waals surface area (Å²) >= 11 is 0. The van der Waals surface area contributed by atoms with Crippen LogP contribution in [-0.4, -0.2) is 40.2 Å². The van der Waals surface area contributed by atoms with Gasteiger partial charge in [0.1, 0.15) is 6.54 Å². The van der Waals surface area contributed by atoms with Crippen molar-refractivity contribution < 1.29 is 9.53 Å². The van der Waals surface area contributed by atoms with Gasteiger partial charge < -0.3 is 10.1 Å². The molecule has 1 saturated heterocycles. The predicted octanol–water partition coefficient (Wildman–Crippen LogP) is 0.845. The Labute approximate surface area is 113 Å². The molecule has 19 heavy (non-hydrogen) atoms. The van der Waals surface area contributed by atoms with Crippen molar-refractivity contribution in [2.75, 3.05) is 13.2 Å². The van der Waals surface area contributed by atoms with Gasteiger partial charge in [0.15, 0.2) is 0 Å². The molecule has 0 aliphatic carbocycles. The van der Waals surface area contributed by atoms with E-state index >= 15 is 0 Å². The molecule has 6 nitrogen and oxygen atoms in total. The normalized spacial score (nSPS) is 23.5. The van der Waals surface area contributed by atoms with Crippen LogP contribution >= 0.6 is 0 Å². The highest BCUT2D eigenvalue weighted by molar-refractivity contribution is 5.75. The Morgan fingerprint density at radius 3 is 2.95 bits per heavy atom. The summed E-state index contributed by atoms with van der Waals surface area (Å²) in [6.45, 7) is 8.18. The molecule has 2 atom stereocenters. The molecule has 6 heteroatoms. The zero-order valence-corrected chi connectivity index (χ0v) is 11.8. The van der Waals surface area contributed by atoms with E-state index in [2.05, 4.69) is 36.4 Å². The van der Waals surface area contributed by atoms with Crippen LogP contribution in [0, 0.1) is 11.3 Å². The molecule has 1 aliphatic rings.